The maximum Gasteiger partial charge on any atom is 0.384 e. The molecule has 0 fully saturated rings. The third-order valence-electron chi connectivity index (χ3n) is 3.37. The Morgan fingerprint density at radius 1 is 0.810 bits per heavy atom. The Kier molecular flexibility index (Phi) is 8.64. The lowest BCUT2D eigenvalue weighted by atomic mass is 10.0. The molecule has 0 aliphatic rings. The zero-order valence-corrected chi connectivity index (χ0v) is 13.6. The van der Waals surface area contributed by atoms with Crippen molar-refractivity contribution in [3.63, 3.8) is 0 Å². The Hall–Kier alpha value is -0.853. The molecule has 0 saturated heterocycles. The van der Waals surface area contributed by atoms with Crippen LogP contribution in [0.4, 0.5) is 13.2 Å². The maximum atomic E-state index is 13.4. The first kappa shape index (κ1) is 18.2. The van der Waals surface area contributed by atoms with Crippen LogP contribution in [0.1, 0.15) is 37.7 Å². The second-order valence-corrected chi connectivity index (χ2v) is 6.97. The molecule has 0 aromatic heterocycles. The van der Waals surface area contributed by atoms with Crippen molar-refractivity contribution in [1.29, 1.82) is 0 Å². The summed E-state index contributed by atoms with van der Waals surface area (Å²) >= 11 is 0. The number of halogens is 3. The van der Waals surface area contributed by atoms with E-state index in [-0.39, 0.29) is 5.56 Å². The number of hydrogen-bond donors (Lipinski definition) is 0. The van der Waals surface area contributed by atoms with E-state index in [0.717, 1.165) is 44.2 Å². The van der Waals surface area contributed by atoms with Crippen LogP contribution in [0.5, 0.6) is 0 Å². The van der Waals surface area contributed by atoms with E-state index in [0.29, 0.717) is 12.5 Å². The Morgan fingerprint density at radius 2 is 1.38 bits per heavy atom. The Labute approximate surface area is 126 Å². The third kappa shape index (κ3) is 6.63. The normalized spacial score (nSPS) is 11.3. The smallest absolute Gasteiger partial charge is 0.384 e. The van der Waals surface area contributed by atoms with Crippen LogP contribution in [0.3, 0.4) is 0 Å². The second kappa shape index (κ2) is 9.97. The van der Waals surface area contributed by atoms with Gasteiger partial charge in [0.05, 0.1) is 0 Å². The lowest BCUT2D eigenvalue weighted by molar-refractivity contribution is 0.276. The van der Waals surface area contributed by atoms with Gasteiger partial charge >= 0.3 is 9.28 Å². The zero-order valence-electron chi connectivity index (χ0n) is 12.6. The summed E-state index contributed by atoms with van der Waals surface area (Å²) in [6.45, 7) is 0. The van der Waals surface area contributed by atoms with Crippen molar-refractivity contribution in [3.05, 3.63) is 35.1 Å². The molecule has 0 spiro atoms. The summed E-state index contributed by atoms with van der Waals surface area (Å²) in [5.41, 5.74) is 0.248. The average Bonchev–Trinajstić information content (AvgIpc) is 2.47. The minimum atomic E-state index is -1.13. The molecular formula is C15H22F3O2Si. The average molecular weight is 319 g/mol. The Morgan fingerprint density at radius 3 is 2.05 bits per heavy atom. The fourth-order valence-electron chi connectivity index (χ4n) is 2.16. The van der Waals surface area contributed by atoms with Crippen molar-refractivity contribution < 1.29 is 22.0 Å². The summed E-state index contributed by atoms with van der Waals surface area (Å²) in [5.74, 6) is -2.79. The van der Waals surface area contributed by atoms with Gasteiger partial charge in [-0.05, 0) is 30.5 Å². The van der Waals surface area contributed by atoms with E-state index < -0.39 is 26.7 Å². The van der Waals surface area contributed by atoms with Crippen LogP contribution < -0.4 is 0 Å². The van der Waals surface area contributed by atoms with Gasteiger partial charge in [-0.2, -0.15) is 0 Å². The summed E-state index contributed by atoms with van der Waals surface area (Å²) in [4.78, 5) is 0. The van der Waals surface area contributed by atoms with Gasteiger partial charge in [-0.3, -0.25) is 0 Å². The Bertz CT molecular complexity index is 426. The van der Waals surface area contributed by atoms with Crippen LogP contribution in [0.2, 0.25) is 6.04 Å². The predicted molar refractivity (Wildman–Crippen MR) is 77.7 cm³/mol. The predicted octanol–water partition coefficient (Wildman–Crippen LogP) is 4.38. The second-order valence-electron chi connectivity index (χ2n) is 4.91. The van der Waals surface area contributed by atoms with Gasteiger partial charge in [-0.1, -0.05) is 25.7 Å². The largest absolute Gasteiger partial charge is 0.397 e. The quantitative estimate of drug-likeness (QED) is 0.362. The van der Waals surface area contributed by atoms with E-state index in [2.05, 4.69) is 0 Å². The summed E-state index contributed by atoms with van der Waals surface area (Å²) in [6.07, 6.45) is 5.31. The van der Waals surface area contributed by atoms with Crippen LogP contribution >= 0.6 is 0 Å². The molecule has 0 aliphatic heterocycles. The van der Waals surface area contributed by atoms with Gasteiger partial charge in [0.25, 0.3) is 0 Å². The molecule has 1 aromatic carbocycles. The molecule has 21 heavy (non-hydrogen) atoms. The highest BCUT2D eigenvalue weighted by atomic mass is 28.3. The van der Waals surface area contributed by atoms with Crippen LogP contribution in [0, 0.1) is 17.5 Å². The van der Waals surface area contributed by atoms with Crippen molar-refractivity contribution in [3.8, 4) is 0 Å². The van der Waals surface area contributed by atoms with E-state index in [9.17, 15) is 13.2 Å². The van der Waals surface area contributed by atoms with E-state index in [1.165, 1.54) is 0 Å². The first-order chi connectivity index (χ1) is 10.1. The topological polar surface area (TPSA) is 18.5 Å². The van der Waals surface area contributed by atoms with E-state index in [1.807, 2.05) is 0 Å². The fourth-order valence-corrected chi connectivity index (χ4v) is 3.27. The van der Waals surface area contributed by atoms with Gasteiger partial charge in [0.15, 0.2) is 11.6 Å². The number of unbranched alkanes of at least 4 members (excludes halogenated alkanes) is 4. The molecule has 6 heteroatoms. The van der Waals surface area contributed by atoms with Crippen LogP contribution in [-0.2, 0) is 15.3 Å². The molecule has 119 valence electrons. The van der Waals surface area contributed by atoms with Crippen LogP contribution in [-0.4, -0.2) is 23.5 Å². The number of hydrogen-bond acceptors (Lipinski definition) is 2. The van der Waals surface area contributed by atoms with Gasteiger partial charge in [0, 0.05) is 20.3 Å². The van der Waals surface area contributed by atoms with E-state index in [4.69, 9.17) is 8.85 Å². The van der Waals surface area contributed by atoms with Crippen LogP contribution in [0.15, 0.2) is 12.1 Å². The Balaban J connectivity index is 2.16. The molecule has 0 unspecified atom stereocenters. The van der Waals surface area contributed by atoms with Crippen molar-refractivity contribution in [1.82, 2.24) is 0 Å². The van der Waals surface area contributed by atoms with E-state index in [1.54, 1.807) is 14.2 Å². The number of rotatable bonds is 10. The number of aryl methyl sites for hydroxylation is 1. The molecule has 0 N–H and O–H groups in total. The van der Waals surface area contributed by atoms with Crippen LogP contribution in [0.25, 0.3) is 0 Å². The first-order valence-corrected chi connectivity index (χ1v) is 8.68. The van der Waals surface area contributed by atoms with Gasteiger partial charge in [0.1, 0.15) is 5.82 Å². The number of benzene rings is 1. The molecule has 0 aliphatic carbocycles. The highest BCUT2D eigenvalue weighted by Gasteiger charge is 2.11. The molecular weight excluding hydrogens is 297 g/mol. The molecule has 0 atom stereocenters. The summed E-state index contributed by atoms with van der Waals surface area (Å²) in [5, 5.41) is 0. The van der Waals surface area contributed by atoms with Crippen molar-refractivity contribution >= 4 is 9.28 Å². The molecule has 1 aromatic rings. The maximum absolute atomic E-state index is 13.4. The molecule has 0 saturated carbocycles. The third-order valence-corrected chi connectivity index (χ3v) is 5.04. The zero-order chi connectivity index (χ0) is 15.7. The first-order valence-electron chi connectivity index (χ1n) is 7.15. The lowest BCUT2D eigenvalue weighted by Crippen LogP contribution is -2.18. The summed E-state index contributed by atoms with van der Waals surface area (Å²) in [7, 11) is 2.22. The van der Waals surface area contributed by atoms with Crippen molar-refractivity contribution in [2.24, 2.45) is 0 Å². The van der Waals surface area contributed by atoms with Crippen molar-refractivity contribution in [2.45, 2.75) is 44.6 Å². The molecule has 0 heterocycles. The van der Waals surface area contributed by atoms with Gasteiger partial charge in [-0.15, -0.1) is 0 Å². The minimum Gasteiger partial charge on any atom is -0.397 e. The molecule has 2 nitrogen and oxygen atoms in total. The standard InChI is InChI=1S/C15H22F3O2Si/c1-19-21(20-2)9-7-5-3-4-6-8-12-10-14(17)15(18)11-13(12)16/h10-11H,3-9H2,1-2H3. The minimum absolute atomic E-state index is 0.248. The molecule has 1 radical (unpaired) electrons. The lowest BCUT2D eigenvalue weighted by Gasteiger charge is -2.08. The summed E-state index contributed by atoms with van der Waals surface area (Å²) < 4.78 is 49.6. The SMILES string of the molecule is CO[Si](CCCCCCCc1cc(F)c(F)cc1F)OC. The molecule has 1 rings (SSSR count). The summed E-state index contributed by atoms with van der Waals surface area (Å²) in [6, 6.07) is 2.52. The van der Waals surface area contributed by atoms with Crippen molar-refractivity contribution in [2.75, 3.05) is 14.2 Å². The highest BCUT2D eigenvalue weighted by Crippen LogP contribution is 2.17. The monoisotopic (exact) mass is 319 g/mol. The van der Waals surface area contributed by atoms with Gasteiger partial charge in [0.2, 0.25) is 0 Å². The highest BCUT2D eigenvalue weighted by molar-refractivity contribution is 6.44. The fraction of sp³-hybridized carbons (Fsp3) is 0.600. The molecule has 0 amide bonds. The van der Waals surface area contributed by atoms with E-state index >= 15 is 0 Å². The van der Waals surface area contributed by atoms with Gasteiger partial charge < -0.3 is 8.85 Å². The van der Waals surface area contributed by atoms with Gasteiger partial charge in [-0.25, -0.2) is 13.2 Å². The molecule has 0 bridgehead atoms.